The zero-order chi connectivity index (χ0) is 14.9. The lowest BCUT2D eigenvalue weighted by Gasteiger charge is -2.41. The zero-order valence-corrected chi connectivity index (χ0v) is 11.3. The molecule has 1 atom stereocenters. The molecule has 1 saturated heterocycles. The highest BCUT2D eigenvalue weighted by Gasteiger charge is 2.35. The summed E-state index contributed by atoms with van der Waals surface area (Å²) in [4.78, 5) is 25.8. The molecule has 1 unspecified atom stereocenters. The van der Waals surface area contributed by atoms with E-state index < -0.39 is 5.97 Å². The second-order valence-corrected chi connectivity index (χ2v) is 4.87. The van der Waals surface area contributed by atoms with Crippen LogP contribution in [0.15, 0.2) is 6.20 Å². The smallest absolute Gasteiger partial charge is 0.358 e. The van der Waals surface area contributed by atoms with E-state index >= 15 is 0 Å². The Bertz CT molecular complexity index is 511. The molecular weight excluding hydrogens is 266 g/mol. The quantitative estimate of drug-likeness (QED) is 0.753. The van der Waals surface area contributed by atoms with Gasteiger partial charge in [-0.15, -0.1) is 5.10 Å². The normalized spacial score (nSPS) is 16.6. The second kappa shape index (κ2) is 5.45. The highest BCUT2D eigenvalue weighted by molar-refractivity contribution is 5.84. The number of hydrogen-bond acceptors (Lipinski definition) is 5. The van der Waals surface area contributed by atoms with Gasteiger partial charge >= 0.3 is 12.0 Å². The number of carboxylic acids is 1. The highest BCUT2D eigenvalue weighted by Crippen LogP contribution is 2.22. The molecule has 2 rings (SSSR count). The van der Waals surface area contributed by atoms with Gasteiger partial charge in [0, 0.05) is 20.1 Å². The van der Waals surface area contributed by atoms with Crippen LogP contribution in [0.2, 0.25) is 0 Å². The minimum atomic E-state index is -1.12. The van der Waals surface area contributed by atoms with E-state index in [4.69, 9.17) is 10.2 Å². The van der Waals surface area contributed by atoms with Crippen molar-refractivity contribution in [3.8, 4) is 0 Å². The number of rotatable bonds is 4. The van der Waals surface area contributed by atoms with Gasteiger partial charge in [-0.3, -0.25) is 0 Å². The molecule has 0 bridgehead atoms. The number of carboxylic acid groups (broad SMARTS) is 1. The Kier molecular flexibility index (Phi) is 3.89. The molecule has 20 heavy (non-hydrogen) atoms. The number of aromatic carboxylic acids is 1. The van der Waals surface area contributed by atoms with Gasteiger partial charge in [0.15, 0.2) is 5.69 Å². The van der Waals surface area contributed by atoms with Crippen LogP contribution < -0.4 is 0 Å². The van der Waals surface area contributed by atoms with E-state index in [9.17, 15) is 9.59 Å². The zero-order valence-electron chi connectivity index (χ0n) is 11.3. The van der Waals surface area contributed by atoms with E-state index in [0.717, 1.165) is 0 Å². The number of carbonyl (C=O) groups is 2. The molecule has 1 aliphatic heterocycles. The summed E-state index contributed by atoms with van der Waals surface area (Å²) in [5, 5.41) is 25.1. The maximum absolute atomic E-state index is 12.0. The molecule has 0 radical (unpaired) electrons. The molecule has 1 fully saturated rings. The van der Waals surface area contributed by atoms with Crippen molar-refractivity contribution >= 4 is 12.0 Å². The number of aliphatic hydroxyl groups is 1. The molecule has 0 spiro atoms. The Balaban J connectivity index is 1.90. The first-order chi connectivity index (χ1) is 9.43. The molecule has 110 valence electrons. The molecule has 9 nitrogen and oxygen atoms in total. The lowest BCUT2D eigenvalue weighted by atomic mass is 10.1. The van der Waals surface area contributed by atoms with E-state index in [1.807, 2.05) is 0 Å². The fourth-order valence-electron chi connectivity index (χ4n) is 1.87. The molecular formula is C11H17N5O4. The molecule has 2 heterocycles. The summed E-state index contributed by atoms with van der Waals surface area (Å²) in [6, 6.07) is -0.467. The molecule has 1 aromatic rings. The third-order valence-corrected chi connectivity index (χ3v) is 3.46. The minimum absolute atomic E-state index is 0.0580. The first-order valence-electron chi connectivity index (χ1n) is 6.21. The molecule has 0 aromatic carbocycles. The predicted molar refractivity (Wildman–Crippen MR) is 67.3 cm³/mol. The molecule has 1 aromatic heterocycles. The van der Waals surface area contributed by atoms with Gasteiger partial charge in [-0.1, -0.05) is 5.21 Å². The molecule has 0 aliphatic carbocycles. The maximum atomic E-state index is 12.0. The average molecular weight is 283 g/mol. The maximum Gasteiger partial charge on any atom is 0.358 e. The molecule has 1 aliphatic rings. The lowest BCUT2D eigenvalue weighted by molar-refractivity contribution is 0.0688. The summed E-state index contributed by atoms with van der Waals surface area (Å²) in [5.41, 5.74) is -0.110. The van der Waals surface area contributed by atoms with E-state index in [2.05, 4.69) is 10.3 Å². The summed E-state index contributed by atoms with van der Waals surface area (Å²) < 4.78 is 1.46. The van der Waals surface area contributed by atoms with Gasteiger partial charge in [0.2, 0.25) is 0 Å². The molecule has 0 saturated carbocycles. The summed E-state index contributed by atoms with van der Waals surface area (Å²) in [6.07, 6.45) is 1.36. The number of nitrogens with zero attached hydrogens (tertiary/aromatic N) is 5. The van der Waals surface area contributed by atoms with Crippen LogP contribution in [0, 0.1) is 0 Å². The number of aliphatic hydroxyl groups excluding tert-OH is 1. The summed E-state index contributed by atoms with van der Waals surface area (Å²) in [7, 11) is 1.63. The lowest BCUT2D eigenvalue weighted by Crippen LogP contribution is -2.56. The van der Waals surface area contributed by atoms with Crippen molar-refractivity contribution in [1.82, 2.24) is 24.8 Å². The van der Waals surface area contributed by atoms with Crippen molar-refractivity contribution < 1.29 is 19.8 Å². The van der Waals surface area contributed by atoms with Gasteiger partial charge in [-0.05, 0) is 6.92 Å². The van der Waals surface area contributed by atoms with Crippen molar-refractivity contribution in [3.63, 3.8) is 0 Å². The molecule has 2 amide bonds. The number of aromatic nitrogens is 3. The van der Waals surface area contributed by atoms with Gasteiger partial charge in [0.1, 0.15) is 0 Å². The Morgan fingerprint density at radius 3 is 2.70 bits per heavy atom. The SMILES string of the molecule is CC(CO)N(C)C(=O)N1CC(n2cc(C(=O)O)nn2)C1. The summed E-state index contributed by atoms with van der Waals surface area (Å²) in [6.45, 7) is 2.56. The van der Waals surface area contributed by atoms with Gasteiger partial charge in [-0.25, -0.2) is 14.3 Å². The number of carbonyl (C=O) groups excluding carboxylic acids is 1. The fourth-order valence-corrected chi connectivity index (χ4v) is 1.87. The third-order valence-electron chi connectivity index (χ3n) is 3.46. The summed E-state index contributed by atoms with van der Waals surface area (Å²) in [5.74, 6) is -1.12. The number of likely N-dealkylation sites (N-methyl/N-ethyl adjacent to an activating group) is 1. The van der Waals surface area contributed by atoms with Crippen LogP contribution >= 0.6 is 0 Å². The van der Waals surface area contributed by atoms with Crippen LogP contribution in [0.3, 0.4) is 0 Å². The van der Waals surface area contributed by atoms with Crippen LogP contribution in [-0.2, 0) is 0 Å². The van der Waals surface area contributed by atoms with Gasteiger partial charge < -0.3 is 20.0 Å². The standard InChI is InChI=1S/C11H17N5O4/c1-7(6-17)14(2)11(20)15-3-8(4-15)16-5-9(10(18)19)12-13-16/h5,7-8,17H,3-4,6H2,1-2H3,(H,18,19). The van der Waals surface area contributed by atoms with E-state index in [1.54, 1.807) is 18.9 Å². The van der Waals surface area contributed by atoms with Crippen molar-refractivity contribution in [1.29, 1.82) is 0 Å². The molecule has 9 heteroatoms. The first-order valence-corrected chi connectivity index (χ1v) is 6.21. The van der Waals surface area contributed by atoms with Crippen LogP contribution in [0.1, 0.15) is 23.5 Å². The van der Waals surface area contributed by atoms with Crippen LogP contribution in [-0.4, -0.2) is 79.8 Å². The first kappa shape index (κ1) is 14.3. The van der Waals surface area contributed by atoms with Crippen molar-refractivity contribution in [3.05, 3.63) is 11.9 Å². The minimum Gasteiger partial charge on any atom is -0.476 e. The fraction of sp³-hybridized carbons (Fsp3) is 0.636. The monoisotopic (exact) mass is 283 g/mol. The Morgan fingerprint density at radius 1 is 1.55 bits per heavy atom. The Hall–Kier alpha value is -2.16. The second-order valence-electron chi connectivity index (χ2n) is 4.87. The van der Waals surface area contributed by atoms with E-state index in [0.29, 0.717) is 13.1 Å². The van der Waals surface area contributed by atoms with Crippen LogP contribution in [0.5, 0.6) is 0 Å². The van der Waals surface area contributed by atoms with Crippen molar-refractivity contribution in [2.24, 2.45) is 0 Å². The third kappa shape index (κ3) is 2.57. The van der Waals surface area contributed by atoms with E-state index in [1.165, 1.54) is 15.8 Å². The number of likely N-dealkylation sites (tertiary alicyclic amines) is 1. The largest absolute Gasteiger partial charge is 0.476 e. The number of urea groups is 1. The average Bonchev–Trinajstić information content (AvgIpc) is 2.84. The van der Waals surface area contributed by atoms with Crippen molar-refractivity contribution in [2.45, 2.75) is 19.0 Å². The highest BCUT2D eigenvalue weighted by atomic mass is 16.4. The number of hydrogen-bond donors (Lipinski definition) is 2. The Morgan fingerprint density at radius 2 is 2.20 bits per heavy atom. The van der Waals surface area contributed by atoms with Gasteiger partial charge in [-0.2, -0.15) is 0 Å². The number of amides is 2. The molecule has 2 N–H and O–H groups in total. The van der Waals surface area contributed by atoms with Gasteiger partial charge in [0.25, 0.3) is 0 Å². The van der Waals surface area contributed by atoms with Crippen LogP contribution in [0.4, 0.5) is 4.79 Å². The van der Waals surface area contributed by atoms with Gasteiger partial charge in [0.05, 0.1) is 24.9 Å². The summed E-state index contributed by atoms with van der Waals surface area (Å²) >= 11 is 0. The van der Waals surface area contributed by atoms with E-state index in [-0.39, 0.29) is 30.4 Å². The topological polar surface area (TPSA) is 112 Å². The van der Waals surface area contributed by atoms with Crippen molar-refractivity contribution in [2.75, 3.05) is 26.7 Å². The van der Waals surface area contributed by atoms with Crippen LogP contribution in [0.25, 0.3) is 0 Å². The predicted octanol–water partition coefficient (Wildman–Crippen LogP) is -0.734. The Labute approximate surface area is 115 Å².